The van der Waals surface area contributed by atoms with Crippen LogP contribution in [0.3, 0.4) is 0 Å². The maximum Gasteiger partial charge on any atom is 0.410 e. The highest BCUT2D eigenvalue weighted by atomic mass is 16.6. The van der Waals surface area contributed by atoms with Gasteiger partial charge in [-0.1, -0.05) is 101 Å². The maximum absolute atomic E-state index is 13.5. The Labute approximate surface area is 230 Å². The largest absolute Gasteiger partial charge is 0.444 e. The Morgan fingerprint density at radius 1 is 1.03 bits per heavy atom. The highest BCUT2D eigenvalue weighted by molar-refractivity contribution is 5.86. The minimum atomic E-state index is -1.05. The van der Waals surface area contributed by atoms with Gasteiger partial charge in [-0.05, 0) is 45.1 Å². The number of nitrogens with one attached hydrogen (secondary N) is 1. The summed E-state index contributed by atoms with van der Waals surface area (Å²) >= 11 is 0. The molecule has 2 unspecified atom stereocenters. The molecule has 1 aromatic carbocycles. The minimum Gasteiger partial charge on any atom is -0.444 e. The topological polar surface area (TPSA) is 99.1 Å². The number of rotatable bonds is 15. The number of carbonyl (C=O) groups excluding carboxylic acids is 2. The van der Waals surface area contributed by atoms with Crippen LogP contribution >= 0.6 is 0 Å². The summed E-state index contributed by atoms with van der Waals surface area (Å²) in [4.78, 5) is 28.0. The Bertz CT molecular complexity index is 810. The molecule has 0 aromatic heterocycles. The number of likely N-dealkylation sites (tertiary alicyclic amines) is 1. The summed E-state index contributed by atoms with van der Waals surface area (Å²) in [5, 5.41) is 23.5. The third-order valence-corrected chi connectivity index (χ3v) is 7.40. The predicted molar refractivity (Wildman–Crippen MR) is 152 cm³/mol. The van der Waals surface area contributed by atoms with Crippen molar-refractivity contribution >= 4 is 12.0 Å². The molecule has 4 atom stereocenters. The number of hydrogen-bond donors (Lipinski definition) is 3. The van der Waals surface area contributed by atoms with Crippen LogP contribution in [-0.2, 0) is 9.53 Å². The van der Waals surface area contributed by atoms with Gasteiger partial charge in [0.1, 0.15) is 17.7 Å². The Hall–Kier alpha value is -2.12. The third kappa shape index (κ3) is 11.3. The van der Waals surface area contributed by atoms with Crippen molar-refractivity contribution in [2.24, 2.45) is 5.92 Å². The molecule has 7 heteroatoms. The van der Waals surface area contributed by atoms with Crippen LogP contribution in [0.5, 0.6) is 0 Å². The summed E-state index contributed by atoms with van der Waals surface area (Å²) in [6, 6.07) is 7.40. The number of ether oxygens (including phenoxy) is 1. The van der Waals surface area contributed by atoms with Gasteiger partial charge in [0, 0.05) is 6.54 Å². The second kappa shape index (κ2) is 16.8. The molecule has 38 heavy (non-hydrogen) atoms. The number of aliphatic hydroxyl groups is 2. The van der Waals surface area contributed by atoms with E-state index in [1.54, 1.807) is 24.3 Å². The zero-order valence-electron chi connectivity index (χ0n) is 24.2. The lowest BCUT2D eigenvalue weighted by Gasteiger charge is -2.40. The second-order valence-corrected chi connectivity index (χ2v) is 11.9. The molecule has 2 rings (SSSR count). The molecule has 0 bridgehead atoms. The molecule has 2 amide bonds. The van der Waals surface area contributed by atoms with E-state index in [1.165, 1.54) is 56.3 Å². The Morgan fingerprint density at radius 2 is 1.63 bits per heavy atom. The van der Waals surface area contributed by atoms with Crippen molar-refractivity contribution in [3.8, 4) is 0 Å². The highest BCUT2D eigenvalue weighted by Gasteiger charge is 2.39. The van der Waals surface area contributed by atoms with Gasteiger partial charge >= 0.3 is 6.09 Å². The van der Waals surface area contributed by atoms with E-state index in [4.69, 9.17) is 4.74 Å². The fourth-order valence-corrected chi connectivity index (χ4v) is 5.22. The van der Waals surface area contributed by atoms with E-state index >= 15 is 0 Å². The van der Waals surface area contributed by atoms with Gasteiger partial charge in [0.05, 0.1) is 12.6 Å². The number of carbonyl (C=O) groups is 2. The standard InChI is InChI=1S/C31H52N2O5/c1-5-6-7-8-9-10-11-12-14-17-24-20-21-33(30(37)38-31(2,3)4)27(22-24)29(36)32-26(23-34)28(35)25-18-15-13-16-19-25/h13,15-16,18-19,24,26-28,34-35H,5-12,14,17,20-23H2,1-4H3,(H,32,36)/t24?,26-,27?,28-/m0/s1. The van der Waals surface area contributed by atoms with Gasteiger partial charge in [-0.15, -0.1) is 0 Å². The molecule has 1 saturated heterocycles. The molecule has 0 spiro atoms. The molecule has 216 valence electrons. The van der Waals surface area contributed by atoms with Gasteiger partial charge in [-0.25, -0.2) is 4.79 Å². The number of hydrogen-bond acceptors (Lipinski definition) is 5. The van der Waals surface area contributed by atoms with Crippen molar-refractivity contribution < 1.29 is 24.5 Å². The van der Waals surface area contributed by atoms with Crippen LogP contribution in [0.2, 0.25) is 0 Å². The summed E-state index contributed by atoms with van der Waals surface area (Å²) in [5.41, 5.74) is -0.0504. The number of benzene rings is 1. The fraction of sp³-hybridized carbons (Fsp3) is 0.742. The SMILES string of the molecule is CCCCCCCCCCCC1CCN(C(=O)OC(C)(C)C)C(C(=O)N[C@@H](CO)[C@@H](O)c2ccccc2)C1. The van der Waals surface area contributed by atoms with Crippen molar-refractivity contribution in [3.05, 3.63) is 35.9 Å². The summed E-state index contributed by atoms with van der Waals surface area (Å²) in [7, 11) is 0. The summed E-state index contributed by atoms with van der Waals surface area (Å²) in [5.74, 6) is -0.0118. The number of nitrogens with zero attached hydrogens (tertiary/aromatic N) is 1. The van der Waals surface area contributed by atoms with Gasteiger partial charge < -0.3 is 20.3 Å². The smallest absolute Gasteiger partial charge is 0.410 e. The average Bonchev–Trinajstić information content (AvgIpc) is 2.89. The van der Waals surface area contributed by atoms with Crippen LogP contribution in [0.25, 0.3) is 0 Å². The van der Waals surface area contributed by atoms with Crippen molar-refractivity contribution in [2.75, 3.05) is 13.2 Å². The van der Waals surface area contributed by atoms with Crippen LogP contribution in [0.1, 0.15) is 116 Å². The molecule has 0 radical (unpaired) electrons. The van der Waals surface area contributed by atoms with E-state index in [1.807, 2.05) is 26.8 Å². The van der Waals surface area contributed by atoms with Gasteiger partial charge in [0.15, 0.2) is 0 Å². The van der Waals surface area contributed by atoms with Crippen molar-refractivity contribution in [2.45, 2.75) is 129 Å². The summed E-state index contributed by atoms with van der Waals surface area (Å²) < 4.78 is 5.61. The maximum atomic E-state index is 13.5. The van der Waals surface area contributed by atoms with E-state index in [9.17, 15) is 19.8 Å². The molecule has 0 aliphatic carbocycles. The van der Waals surface area contributed by atoms with Gasteiger partial charge in [-0.2, -0.15) is 0 Å². The van der Waals surface area contributed by atoms with E-state index in [0.717, 1.165) is 19.3 Å². The Kier molecular flexibility index (Phi) is 14.2. The molecule has 1 heterocycles. The first kappa shape index (κ1) is 32.1. The lowest BCUT2D eigenvalue weighted by molar-refractivity contribution is -0.130. The van der Waals surface area contributed by atoms with Crippen molar-refractivity contribution in [3.63, 3.8) is 0 Å². The first-order valence-corrected chi connectivity index (χ1v) is 14.8. The van der Waals surface area contributed by atoms with Crippen LogP contribution in [0, 0.1) is 5.92 Å². The van der Waals surface area contributed by atoms with E-state index in [0.29, 0.717) is 24.4 Å². The van der Waals surface area contributed by atoms with Crippen LogP contribution in [0.4, 0.5) is 4.79 Å². The quantitative estimate of drug-likeness (QED) is 0.236. The van der Waals surface area contributed by atoms with Gasteiger partial charge in [0.25, 0.3) is 0 Å². The second-order valence-electron chi connectivity index (χ2n) is 11.9. The highest BCUT2D eigenvalue weighted by Crippen LogP contribution is 2.29. The van der Waals surface area contributed by atoms with Crippen LogP contribution in [0.15, 0.2) is 30.3 Å². The number of aliphatic hydroxyl groups excluding tert-OH is 2. The van der Waals surface area contributed by atoms with Gasteiger partial charge in [-0.3, -0.25) is 9.69 Å². The number of piperidine rings is 1. The Balaban J connectivity index is 1.96. The molecule has 1 fully saturated rings. The molecule has 1 aromatic rings. The van der Waals surface area contributed by atoms with Crippen molar-refractivity contribution in [1.82, 2.24) is 10.2 Å². The number of amides is 2. The summed E-state index contributed by atoms with van der Waals surface area (Å²) in [6.45, 7) is 7.73. The predicted octanol–water partition coefficient (Wildman–Crippen LogP) is 6.13. The molecule has 1 aliphatic heterocycles. The monoisotopic (exact) mass is 532 g/mol. The molecule has 0 saturated carbocycles. The lowest BCUT2D eigenvalue weighted by Crippen LogP contribution is -2.57. The average molecular weight is 533 g/mol. The van der Waals surface area contributed by atoms with E-state index in [-0.39, 0.29) is 5.91 Å². The van der Waals surface area contributed by atoms with E-state index in [2.05, 4.69) is 12.2 Å². The first-order chi connectivity index (χ1) is 18.2. The van der Waals surface area contributed by atoms with Crippen molar-refractivity contribution in [1.29, 1.82) is 0 Å². The zero-order chi connectivity index (χ0) is 28.0. The zero-order valence-corrected chi connectivity index (χ0v) is 24.2. The molecule has 3 N–H and O–H groups in total. The molecular formula is C31H52N2O5. The lowest BCUT2D eigenvalue weighted by atomic mass is 9.86. The Morgan fingerprint density at radius 3 is 2.21 bits per heavy atom. The minimum absolute atomic E-state index is 0.348. The normalized spacial score (nSPS) is 19.6. The molecule has 7 nitrogen and oxygen atoms in total. The summed E-state index contributed by atoms with van der Waals surface area (Å²) in [6.07, 6.45) is 12.4. The third-order valence-electron chi connectivity index (χ3n) is 7.40. The number of unbranched alkanes of at least 4 members (excludes halogenated alkanes) is 8. The molecular weight excluding hydrogens is 480 g/mol. The first-order valence-electron chi connectivity index (χ1n) is 14.8. The fourth-order valence-electron chi connectivity index (χ4n) is 5.22. The van der Waals surface area contributed by atoms with Gasteiger partial charge in [0.2, 0.25) is 5.91 Å². The van der Waals surface area contributed by atoms with E-state index < -0.39 is 36.5 Å². The van der Waals surface area contributed by atoms with Crippen LogP contribution < -0.4 is 5.32 Å². The molecule has 1 aliphatic rings. The van der Waals surface area contributed by atoms with Crippen LogP contribution in [-0.4, -0.2) is 57.9 Å².